The molecule has 5 heteroatoms. The quantitative estimate of drug-likeness (QED) is 0.483. The van der Waals surface area contributed by atoms with Crippen LogP contribution in [0.25, 0.3) is 10.9 Å². The lowest BCUT2D eigenvalue weighted by atomic mass is 9.91. The Morgan fingerprint density at radius 2 is 2.00 bits per heavy atom. The number of carbonyl (C=O) groups excluding carboxylic acids is 1. The summed E-state index contributed by atoms with van der Waals surface area (Å²) in [5.74, 6) is 0.126. The molecule has 0 bridgehead atoms. The maximum Gasteiger partial charge on any atom is 0.227 e. The fourth-order valence-corrected chi connectivity index (χ4v) is 4.19. The second-order valence-corrected chi connectivity index (χ2v) is 8.27. The number of rotatable bonds is 7. The third-order valence-corrected chi connectivity index (χ3v) is 6.20. The maximum atomic E-state index is 12.3. The second-order valence-electron chi connectivity index (χ2n) is 8.27. The van der Waals surface area contributed by atoms with Crippen molar-refractivity contribution in [2.45, 2.75) is 52.0 Å². The van der Waals surface area contributed by atoms with Gasteiger partial charge in [0.2, 0.25) is 5.91 Å². The van der Waals surface area contributed by atoms with Crippen molar-refractivity contribution in [3.05, 3.63) is 65.4 Å². The van der Waals surface area contributed by atoms with Gasteiger partial charge in [-0.05, 0) is 68.0 Å². The number of H-pyrrole nitrogens is 1. The average molecular weight is 426 g/mol. The van der Waals surface area contributed by atoms with Gasteiger partial charge in [-0.15, -0.1) is 12.4 Å². The van der Waals surface area contributed by atoms with Crippen LogP contribution >= 0.6 is 12.4 Å². The minimum atomic E-state index is 0. The summed E-state index contributed by atoms with van der Waals surface area (Å²) in [6, 6.07) is 17.4. The molecule has 0 saturated carbocycles. The first-order valence-electron chi connectivity index (χ1n) is 10.9. The minimum Gasteiger partial charge on any atom is -0.358 e. The van der Waals surface area contributed by atoms with Crippen molar-refractivity contribution in [1.82, 2.24) is 10.3 Å². The van der Waals surface area contributed by atoms with Gasteiger partial charge in [-0.1, -0.05) is 44.2 Å². The van der Waals surface area contributed by atoms with E-state index < -0.39 is 0 Å². The number of fused-ring (bicyclic) bond motifs is 3. The number of hydrogen-bond donors (Lipinski definition) is 3. The second kappa shape index (κ2) is 10.1. The molecule has 1 aromatic heterocycles. The predicted molar refractivity (Wildman–Crippen MR) is 128 cm³/mol. The Balaban J connectivity index is 0.00000256. The molecule has 1 heterocycles. The van der Waals surface area contributed by atoms with E-state index in [4.69, 9.17) is 0 Å². The number of nitrogens with one attached hydrogen (secondary N) is 3. The van der Waals surface area contributed by atoms with Crippen LogP contribution < -0.4 is 10.6 Å². The highest BCUT2D eigenvalue weighted by atomic mass is 35.5. The molecule has 4 nitrogen and oxygen atoms in total. The van der Waals surface area contributed by atoms with Crippen molar-refractivity contribution < 1.29 is 4.79 Å². The third kappa shape index (κ3) is 5.05. The van der Waals surface area contributed by atoms with Crippen LogP contribution in [-0.4, -0.2) is 23.5 Å². The van der Waals surface area contributed by atoms with E-state index in [0.717, 1.165) is 44.3 Å². The molecule has 160 valence electrons. The molecule has 3 N–H and O–H groups in total. The SMILES string of the molecule is CCC(C)C(=O)Nc1ccc2[nH]c3c(c2c1)CC(NCCc1ccccc1)CC3.Cl. The number of amides is 1. The largest absolute Gasteiger partial charge is 0.358 e. The smallest absolute Gasteiger partial charge is 0.227 e. The lowest BCUT2D eigenvalue weighted by Gasteiger charge is -2.24. The van der Waals surface area contributed by atoms with Crippen LogP contribution in [0.1, 0.15) is 43.5 Å². The summed E-state index contributed by atoms with van der Waals surface area (Å²) in [6.07, 6.45) is 5.18. The van der Waals surface area contributed by atoms with E-state index in [9.17, 15) is 4.79 Å². The Bertz CT molecular complexity index is 983. The molecule has 2 atom stereocenters. The van der Waals surface area contributed by atoms with Crippen LogP contribution in [-0.2, 0) is 24.1 Å². The van der Waals surface area contributed by atoms with Crippen LogP contribution in [0.2, 0.25) is 0 Å². The number of aromatic nitrogens is 1. The first-order chi connectivity index (χ1) is 14.1. The summed E-state index contributed by atoms with van der Waals surface area (Å²) in [7, 11) is 0. The lowest BCUT2D eigenvalue weighted by Crippen LogP contribution is -2.35. The summed E-state index contributed by atoms with van der Waals surface area (Å²) >= 11 is 0. The van der Waals surface area contributed by atoms with Gasteiger partial charge in [-0.3, -0.25) is 4.79 Å². The molecule has 2 unspecified atom stereocenters. The van der Waals surface area contributed by atoms with Crippen molar-refractivity contribution in [1.29, 1.82) is 0 Å². The van der Waals surface area contributed by atoms with E-state index in [2.05, 4.69) is 58.1 Å². The van der Waals surface area contributed by atoms with Gasteiger partial charge >= 0.3 is 0 Å². The van der Waals surface area contributed by atoms with E-state index in [1.165, 1.54) is 27.7 Å². The van der Waals surface area contributed by atoms with Crippen LogP contribution in [0.4, 0.5) is 5.69 Å². The van der Waals surface area contributed by atoms with Gasteiger partial charge in [-0.25, -0.2) is 0 Å². The monoisotopic (exact) mass is 425 g/mol. The molecular weight excluding hydrogens is 394 g/mol. The topological polar surface area (TPSA) is 56.9 Å². The van der Waals surface area contributed by atoms with Gasteiger partial charge in [0.05, 0.1) is 0 Å². The molecule has 1 aliphatic rings. The Labute approximate surface area is 185 Å². The van der Waals surface area contributed by atoms with Gasteiger partial charge in [0, 0.05) is 34.2 Å². The van der Waals surface area contributed by atoms with Gasteiger partial charge in [0.25, 0.3) is 0 Å². The van der Waals surface area contributed by atoms with Crippen LogP contribution in [0.15, 0.2) is 48.5 Å². The number of aryl methyl sites for hydroxylation is 1. The first-order valence-corrected chi connectivity index (χ1v) is 10.9. The normalized spacial score (nSPS) is 16.5. The molecule has 0 spiro atoms. The number of halogens is 1. The molecule has 0 saturated heterocycles. The standard InChI is InChI=1S/C25H31N3O.ClH/c1-3-17(2)25(29)27-20-10-12-24-22(16-20)21-15-19(9-11-23(21)28-24)26-14-13-18-7-5-4-6-8-18;/h4-8,10,12,16-17,19,26,28H,3,9,11,13-15H2,1-2H3,(H,27,29);1H. The molecular formula is C25H32ClN3O. The lowest BCUT2D eigenvalue weighted by molar-refractivity contribution is -0.119. The molecule has 0 aliphatic heterocycles. The zero-order valence-electron chi connectivity index (χ0n) is 17.8. The number of carbonyl (C=O) groups is 1. The van der Waals surface area contributed by atoms with E-state index in [1.54, 1.807) is 0 Å². The summed E-state index contributed by atoms with van der Waals surface area (Å²) in [6.45, 7) is 5.02. The number of hydrogen-bond acceptors (Lipinski definition) is 2. The van der Waals surface area contributed by atoms with E-state index in [-0.39, 0.29) is 24.2 Å². The van der Waals surface area contributed by atoms with E-state index in [0.29, 0.717) is 6.04 Å². The molecule has 0 fully saturated rings. The van der Waals surface area contributed by atoms with Gasteiger partial charge in [-0.2, -0.15) is 0 Å². The highest BCUT2D eigenvalue weighted by Gasteiger charge is 2.22. The molecule has 1 aliphatic carbocycles. The first kappa shape index (κ1) is 22.4. The minimum absolute atomic E-state index is 0. The highest BCUT2D eigenvalue weighted by molar-refractivity contribution is 5.96. The predicted octanol–water partition coefficient (Wildman–Crippen LogP) is 5.26. The zero-order valence-corrected chi connectivity index (χ0v) is 18.6. The van der Waals surface area contributed by atoms with Gasteiger partial charge in [0.1, 0.15) is 0 Å². The number of anilines is 1. The average Bonchev–Trinajstić information content (AvgIpc) is 3.11. The van der Waals surface area contributed by atoms with Crippen molar-refractivity contribution in [3.63, 3.8) is 0 Å². The fraction of sp³-hybridized carbons (Fsp3) is 0.400. The zero-order chi connectivity index (χ0) is 20.2. The maximum absolute atomic E-state index is 12.3. The molecule has 4 rings (SSSR count). The molecule has 1 amide bonds. The molecule has 0 radical (unpaired) electrons. The Morgan fingerprint density at radius 1 is 1.20 bits per heavy atom. The number of benzene rings is 2. The van der Waals surface area contributed by atoms with Gasteiger partial charge < -0.3 is 15.6 Å². The number of aromatic amines is 1. The van der Waals surface area contributed by atoms with Crippen molar-refractivity contribution >= 4 is 34.9 Å². The molecule has 2 aromatic carbocycles. The summed E-state index contributed by atoms with van der Waals surface area (Å²) in [5.41, 5.74) is 6.20. The summed E-state index contributed by atoms with van der Waals surface area (Å²) in [4.78, 5) is 15.9. The van der Waals surface area contributed by atoms with Crippen molar-refractivity contribution in [3.8, 4) is 0 Å². The third-order valence-electron chi connectivity index (χ3n) is 6.20. The Kier molecular flexibility index (Phi) is 7.57. The summed E-state index contributed by atoms with van der Waals surface area (Å²) < 4.78 is 0. The van der Waals surface area contributed by atoms with Gasteiger partial charge in [0.15, 0.2) is 0 Å². The Morgan fingerprint density at radius 3 is 2.77 bits per heavy atom. The van der Waals surface area contributed by atoms with Crippen LogP contribution in [0.3, 0.4) is 0 Å². The fourth-order valence-electron chi connectivity index (χ4n) is 4.19. The van der Waals surface area contributed by atoms with E-state index in [1.807, 2.05) is 19.9 Å². The van der Waals surface area contributed by atoms with Crippen LogP contribution in [0.5, 0.6) is 0 Å². The van der Waals surface area contributed by atoms with Crippen molar-refractivity contribution in [2.75, 3.05) is 11.9 Å². The molecule has 30 heavy (non-hydrogen) atoms. The van der Waals surface area contributed by atoms with E-state index >= 15 is 0 Å². The highest BCUT2D eigenvalue weighted by Crippen LogP contribution is 2.31. The van der Waals surface area contributed by atoms with Crippen molar-refractivity contribution in [2.24, 2.45) is 5.92 Å². The molecule has 3 aromatic rings. The van der Waals surface area contributed by atoms with Crippen LogP contribution in [0, 0.1) is 5.92 Å². The summed E-state index contributed by atoms with van der Waals surface area (Å²) in [5, 5.41) is 8.07. The Hall–Kier alpha value is -2.30.